The quantitative estimate of drug-likeness (QED) is 0.833. The van der Waals surface area contributed by atoms with Crippen molar-refractivity contribution in [1.82, 2.24) is 4.90 Å². The molecule has 4 heteroatoms. The van der Waals surface area contributed by atoms with Gasteiger partial charge in [-0.1, -0.05) is 6.92 Å². The Bertz CT molecular complexity index is 448. The number of rotatable bonds is 7. The fourth-order valence-electron chi connectivity index (χ4n) is 2.25. The van der Waals surface area contributed by atoms with Crippen LogP contribution in [0, 0.1) is 6.92 Å². The van der Waals surface area contributed by atoms with Crippen LogP contribution in [0.3, 0.4) is 0 Å². The normalized spacial score (nSPS) is 12.1. The van der Waals surface area contributed by atoms with Gasteiger partial charge in [-0.05, 0) is 50.3 Å². The lowest BCUT2D eigenvalue weighted by Gasteiger charge is -2.27. The first-order valence-electron chi connectivity index (χ1n) is 7.15. The summed E-state index contributed by atoms with van der Waals surface area (Å²) >= 11 is 1.78. The van der Waals surface area contributed by atoms with Gasteiger partial charge in [-0.15, -0.1) is 0 Å². The summed E-state index contributed by atoms with van der Waals surface area (Å²) in [6, 6.07) is 6.18. The van der Waals surface area contributed by atoms with E-state index in [0.717, 1.165) is 35.5 Å². The van der Waals surface area contributed by atoms with E-state index >= 15 is 0 Å². The predicted octanol–water partition coefficient (Wildman–Crippen LogP) is 3.64. The Hall–Kier alpha value is -1.16. The predicted molar refractivity (Wildman–Crippen MR) is 89.9 cm³/mol. The number of nitrogens with zero attached hydrogens (tertiary/aromatic N) is 1. The standard InChI is InChI=1S/C16H26N2OS/c1-6-14(11-20-5)18(4)16(19)13-8-9-15(17-7-2)12(3)10-13/h8-10,14,17H,6-7,11H2,1-5H3. The summed E-state index contributed by atoms with van der Waals surface area (Å²) in [5.74, 6) is 1.09. The summed E-state index contributed by atoms with van der Waals surface area (Å²) in [5, 5.41) is 3.30. The topological polar surface area (TPSA) is 32.3 Å². The van der Waals surface area contributed by atoms with Crippen molar-refractivity contribution in [2.45, 2.75) is 33.2 Å². The van der Waals surface area contributed by atoms with Crippen molar-refractivity contribution >= 4 is 23.4 Å². The van der Waals surface area contributed by atoms with Crippen molar-refractivity contribution in [3.8, 4) is 0 Å². The largest absolute Gasteiger partial charge is 0.385 e. The highest BCUT2D eigenvalue weighted by molar-refractivity contribution is 7.98. The van der Waals surface area contributed by atoms with Crippen LogP contribution in [-0.2, 0) is 0 Å². The van der Waals surface area contributed by atoms with Crippen molar-refractivity contribution in [3.63, 3.8) is 0 Å². The zero-order valence-corrected chi connectivity index (χ0v) is 14.0. The van der Waals surface area contributed by atoms with Crippen molar-refractivity contribution in [3.05, 3.63) is 29.3 Å². The van der Waals surface area contributed by atoms with Crippen molar-refractivity contribution in [2.75, 3.05) is 30.9 Å². The Kier molecular flexibility index (Phi) is 6.93. The first-order chi connectivity index (χ1) is 9.54. The van der Waals surface area contributed by atoms with E-state index in [1.807, 2.05) is 37.1 Å². The average molecular weight is 294 g/mol. The number of hydrogen-bond acceptors (Lipinski definition) is 3. The molecule has 1 N–H and O–H groups in total. The Morgan fingerprint density at radius 1 is 1.40 bits per heavy atom. The molecule has 0 aromatic heterocycles. The lowest BCUT2D eigenvalue weighted by Crippen LogP contribution is -2.38. The van der Waals surface area contributed by atoms with Crippen LogP contribution in [0.4, 0.5) is 5.69 Å². The lowest BCUT2D eigenvalue weighted by atomic mass is 10.1. The second-order valence-electron chi connectivity index (χ2n) is 4.99. The number of amides is 1. The third-order valence-corrected chi connectivity index (χ3v) is 4.26. The molecule has 1 aromatic rings. The average Bonchev–Trinajstić information content (AvgIpc) is 2.45. The molecule has 0 fully saturated rings. The van der Waals surface area contributed by atoms with E-state index < -0.39 is 0 Å². The van der Waals surface area contributed by atoms with E-state index in [9.17, 15) is 4.79 Å². The van der Waals surface area contributed by atoms with Crippen molar-refractivity contribution in [2.24, 2.45) is 0 Å². The zero-order valence-electron chi connectivity index (χ0n) is 13.2. The van der Waals surface area contributed by atoms with Crippen LogP contribution in [0.1, 0.15) is 36.2 Å². The van der Waals surface area contributed by atoms with E-state index in [1.165, 1.54) is 0 Å². The third-order valence-electron chi connectivity index (χ3n) is 3.54. The molecule has 3 nitrogen and oxygen atoms in total. The summed E-state index contributed by atoms with van der Waals surface area (Å²) in [6.45, 7) is 7.12. The molecule has 1 atom stereocenters. The van der Waals surface area contributed by atoms with Gasteiger partial charge in [0.1, 0.15) is 0 Å². The second kappa shape index (κ2) is 8.20. The molecule has 0 aliphatic carbocycles. The van der Waals surface area contributed by atoms with Crippen molar-refractivity contribution in [1.29, 1.82) is 0 Å². The fraction of sp³-hybridized carbons (Fsp3) is 0.562. The monoisotopic (exact) mass is 294 g/mol. The Morgan fingerprint density at radius 2 is 2.10 bits per heavy atom. The van der Waals surface area contributed by atoms with Gasteiger partial charge in [-0.25, -0.2) is 0 Å². The van der Waals surface area contributed by atoms with Gasteiger partial charge >= 0.3 is 0 Å². The maximum absolute atomic E-state index is 12.5. The molecule has 0 aliphatic heterocycles. The summed E-state index contributed by atoms with van der Waals surface area (Å²) < 4.78 is 0. The Balaban J connectivity index is 2.88. The molecular weight excluding hydrogens is 268 g/mol. The lowest BCUT2D eigenvalue weighted by molar-refractivity contribution is 0.0743. The number of nitrogens with one attached hydrogen (secondary N) is 1. The number of carbonyl (C=O) groups is 1. The molecule has 112 valence electrons. The summed E-state index contributed by atoms with van der Waals surface area (Å²) in [5.41, 5.74) is 2.98. The number of thioether (sulfide) groups is 1. The van der Waals surface area contributed by atoms with Crippen LogP contribution in [0.5, 0.6) is 0 Å². The minimum Gasteiger partial charge on any atom is -0.385 e. The number of carbonyl (C=O) groups excluding carboxylic acids is 1. The minimum atomic E-state index is 0.108. The molecule has 0 saturated heterocycles. The van der Waals surface area contributed by atoms with E-state index in [-0.39, 0.29) is 5.91 Å². The molecule has 0 radical (unpaired) electrons. The summed E-state index contributed by atoms with van der Waals surface area (Å²) in [6.07, 6.45) is 3.06. The molecule has 0 spiro atoms. The van der Waals surface area contributed by atoms with E-state index in [1.54, 1.807) is 11.8 Å². The second-order valence-corrected chi connectivity index (χ2v) is 5.90. The van der Waals surface area contributed by atoms with Crippen molar-refractivity contribution < 1.29 is 4.79 Å². The van der Waals surface area contributed by atoms with Crippen LogP contribution in [0.15, 0.2) is 18.2 Å². The SMILES string of the molecule is CCNc1ccc(C(=O)N(C)C(CC)CSC)cc1C. The Morgan fingerprint density at radius 3 is 2.60 bits per heavy atom. The van der Waals surface area contributed by atoms with E-state index in [0.29, 0.717) is 6.04 Å². The van der Waals surface area contributed by atoms with Gasteiger partial charge in [-0.2, -0.15) is 11.8 Å². The molecule has 1 amide bonds. The van der Waals surface area contributed by atoms with E-state index in [2.05, 4.69) is 25.4 Å². The zero-order chi connectivity index (χ0) is 15.1. The number of hydrogen-bond donors (Lipinski definition) is 1. The van der Waals surface area contributed by atoms with Gasteiger partial charge in [0.2, 0.25) is 0 Å². The van der Waals surface area contributed by atoms with Crippen LogP contribution in [0.2, 0.25) is 0 Å². The van der Waals surface area contributed by atoms with Crippen LogP contribution < -0.4 is 5.32 Å². The van der Waals surface area contributed by atoms with Gasteiger partial charge in [0, 0.05) is 36.6 Å². The molecule has 20 heavy (non-hydrogen) atoms. The Labute approximate surface area is 127 Å². The molecule has 1 unspecified atom stereocenters. The molecule has 1 rings (SSSR count). The molecule has 0 heterocycles. The highest BCUT2D eigenvalue weighted by Crippen LogP contribution is 2.19. The smallest absolute Gasteiger partial charge is 0.253 e. The molecule has 0 aliphatic rings. The summed E-state index contributed by atoms with van der Waals surface area (Å²) in [4.78, 5) is 14.4. The highest BCUT2D eigenvalue weighted by Gasteiger charge is 2.19. The van der Waals surface area contributed by atoms with Gasteiger partial charge in [0.15, 0.2) is 0 Å². The number of anilines is 1. The fourth-order valence-corrected chi connectivity index (χ4v) is 3.09. The molecule has 0 bridgehead atoms. The minimum absolute atomic E-state index is 0.108. The van der Waals surface area contributed by atoms with Crippen LogP contribution in [0.25, 0.3) is 0 Å². The first-order valence-corrected chi connectivity index (χ1v) is 8.55. The first kappa shape index (κ1) is 16.9. The maximum atomic E-state index is 12.5. The van der Waals surface area contributed by atoms with E-state index in [4.69, 9.17) is 0 Å². The number of benzene rings is 1. The van der Waals surface area contributed by atoms with Gasteiger partial charge in [0.05, 0.1) is 0 Å². The molecule has 1 aromatic carbocycles. The van der Waals surface area contributed by atoms with Gasteiger partial charge in [-0.3, -0.25) is 4.79 Å². The summed E-state index contributed by atoms with van der Waals surface area (Å²) in [7, 11) is 1.90. The van der Waals surface area contributed by atoms with Gasteiger partial charge < -0.3 is 10.2 Å². The third kappa shape index (κ3) is 4.17. The van der Waals surface area contributed by atoms with Crippen LogP contribution in [-0.4, -0.2) is 42.4 Å². The molecular formula is C16H26N2OS. The number of aryl methyl sites for hydroxylation is 1. The van der Waals surface area contributed by atoms with Gasteiger partial charge in [0.25, 0.3) is 5.91 Å². The maximum Gasteiger partial charge on any atom is 0.253 e. The molecule has 0 saturated carbocycles. The highest BCUT2D eigenvalue weighted by atomic mass is 32.2. The van der Waals surface area contributed by atoms with Crippen LogP contribution >= 0.6 is 11.8 Å².